The Kier molecular flexibility index (Phi) is 6.84. The molecule has 144 valence electrons. The zero-order valence-electron chi connectivity index (χ0n) is 18.0. The van der Waals surface area contributed by atoms with Crippen LogP contribution in [0.5, 0.6) is 0 Å². The zero-order chi connectivity index (χ0) is 19.6. The molecule has 5 heteroatoms. The highest BCUT2D eigenvalue weighted by Gasteiger charge is 2.48. The Morgan fingerprint density at radius 3 is 2.16 bits per heavy atom. The van der Waals surface area contributed by atoms with Crippen LogP contribution in [0.15, 0.2) is 35.5 Å². The maximum Gasteiger partial charge on any atom is 0.273 e. The highest BCUT2D eigenvalue weighted by molar-refractivity contribution is 6.70. The Morgan fingerprint density at radius 1 is 1.16 bits per heavy atom. The van der Waals surface area contributed by atoms with Crippen molar-refractivity contribution in [2.75, 3.05) is 0 Å². The van der Waals surface area contributed by atoms with Crippen molar-refractivity contribution in [2.24, 2.45) is 5.41 Å². The van der Waals surface area contributed by atoms with Crippen molar-refractivity contribution >= 4 is 16.6 Å². The lowest BCUT2D eigenvalue weighted by atomic mass is 9.75. The summed E-state index contributed by atoms with van der Waals surface area (Å²) in [6.45, 7) is 26.0. The Labute approximate surface area is 157 Å². The second-order valence-electron chi connectivity index (χ2n) is 9.51. The minimum Gasteiger partial charge on any atom is -0.544 e. The van der Waals surface area contributed by atoms with Gasteiger partial charge in [-0.25, -0.2) is 0 Å². The van der Waals surface area contributed by atoms with E-state index < -0.39 is 16.6 Å². The average molecular weight is 383 g/mol. The second-order valence-corrected chi connectivity index (χ2v) is 18.4. The summed E-state index contributed by atoms with van der Waals surface area (Å²) in [7, 11) is -3.55. The quantitative estimate of drug-likeness (QED) is 0.269. The molecule has 0 saturated heterocycles. The average Bonchev–Trinajstić information content (AvgIpc) is 2.55. The van der Waals surface area contributed by atoms with Crippen molar-refractivity contribution < 1.29 is 13.6 Å². The summed E-state index contributed by atoms with van der Waals surface area (Å²) in [5.74, 6) is 1.38. The van der Waals surface area contributed by atoms with Gasteiger partial charge in [0.1, 0.15) is 11.9 Å². The molecule has 2 atom stereocenters. The third kappa shape index (κ3) is 6.37. The Balaban J connectivity index is 3.27. The molecule has 3 nitrogen and oxygen atoms in total. The normalized spacial score (nSPS) is 24.0. The second kappa shape index (κ2) is 7.74. The summed E-state index contributed by atoms with van der Waals surface area (Å²) in [5, 5.41) is 0. The third-order valence-corrected chi connectivity index (χ3v) is 5.94. The molecule has 0 amide bonds. The lowest BCUT2D eigenvalue weighted by Crippen LogP contribution is -2.32. The van der Waals surface area contributed by atoms with Crippen molar-refractivity contribution in [1.29, 1.82) is 0 Å². The first-order chi connectivity index (χ1) is 11.2. The lowest BCUT2D eigenvalue weighted by Gasteiger charge is -2.32. The van der Waals surface area contributed by atoms with Gasteiger partial charge in [-0.3, -0.25) is 0 Å². The van der Waals surface area contributed by atoms with Gasteiger partial charge in [-0.1, -0.05) is 25.2 Å². The molecule has 1 aliphatic heterocycles. The van der Waals surface area contributed by atoms with E-state index in [2.05, 4.69) is 79.6 Å². The zero-order valence-corrected chi connectivity index (χ0v) is 20.0. The Hall–Kier alpha value is -0.946. The Morgan fingerprint density at radius 2 is 1.72 bits per heavy atom. The monoisotopic (exact) mass is 382 g/mol. The topological polar surface area (TPSA) is 27.7 Å². The van der Waals surface area contributed by atoms with E-state index in [1.807, 2.05) is 0 Å². The fraction of sp³-hybridized carbons (Fsp3) is 0.700. The van der Waals surface area contributed by atoms with Crippen LogP contribution in [-0.4, -0.2) is 22.7 Å². The number of hydrogen-bond donors (Lipinski definition) is 0. The maximum absolute atomic E-state index is 6.30. The molecule has 0 aromatic rings. The molecule has 0 N–H and O–H groups in total. The van der Waals surface area contributed by atoms with Gasteiger partial charge in [-0.05, 0) is 72.9 Å². The van der Waals surface area contributed by atoms with Crippen LogP contribution < -0.4 is 0 Å². The summed E-state index contributed by atoms with van der Waals surface area (Å²) in [4.78, 5) is 0. The minimum absolute atomic E-state index is 0.0430. The van der Waals surface area contributed by atoms with Gasteiger partial charge in [-0.15, -0.1) is 0 Å². The molecule has 0 spiro atoms. The molecule has 1 rings (SSSR count). The Bertz CT molecular complexity index is 560. The summed E-state index contributed by atoms with van der Waals surface area (Å²) in [6.07, 6.45) is 4.33. The molecule has 1 aliphatic rings. The fourth-order valence-corrected chi connectivity index (χ4v) is 4.53. The molecular formula is C20H38O3Si2. The molecule has 0 saturated carbocycles. The molecule has 0 aromatic carbocycles. The van der Waals surface area contributed by atoms with Gasteiger partial charge >= 0.3 is 0 Å². The van der Waals surface area contributed by atoms with Crippen LogP contribution >= 0.6 is 0 Å². The predicted molar refractivity (Wildman–Crippen MR) is 112 cm³/mol. The van der Waals surface area contributed by atoms with E-state index >= 15 is 0 Å². The van der Waals surface area contributed by atoms with E-state index in [0.717, 1.165) is 24.2 Å². The largest absolute Gasteiger partial charge is 0.544 e. The maximum atomic E-state index is 6.30. The highest BCUT2D eigenvalue weighted by atomic mass is 28.4. The highest BCUT2D eigenvalue weighted by Crippen LogP contribution is 2.50. The van der Waals surface area contributed by atoms with Crippen molar-refractivity contribution in [1.82, 2.24) is 0 Å². The molecule has 25 heavy (non-hydrogen) atoms. The molecule has 0 fully saturated rings. The van der Waals surface area contributed by atoms with Crippen molar-refractivity contribution in [3.8, 4) is 0 Å². The van der Waals surface area contributed by atoms with Gasteiger partial charge in [0.25, 0.3) is 5.95 Å². The van der Waals surface area contributed by atoms with Crippen LogP contribution in [0.4, 0.5) is 0 Å². The fourth-order valence-electron chi connectivity index (χ4n) is 2.98. The summed E-state index contributed by atoms with van der Waals surface area (Å²) in [6, 6.07) is 0. The van der Waals surface area contributed by atoms with Crippen LogP contribution in [0.3, 0.4) is 0 Å². The number of hydrogen-bond acceptors (Lipinski definition) is 3. The standard InChI is InChI=1S/C20H38O3Si2/c1-15(2)13-12-14-20(5)17(4)21-19(23-25(9,10)11)18(20)16(3)22-24(6,7)8/h13,17H,3,12,14H2,1-2,4-11H3/t17-,20+/m1/s1. The molecule has 0 aromatic heterocycles. The van der Waals surface area contributed by atoms with Crippen LogP contribution in [0.25, 0.3) is 0 Å². The summed E-state index contributed by atoms with van der Waals surface area (Å²) < 4.78 is 18.8. The molecule has 1 heterocycles. The first-order valence-electron chi connectivity index (χ1n) is 9.28. The molecule has 0 aliphatic carbocycles. The van der Waals surface area contributed by atoms with E-state index in [0.29, 0.717) is 5.95 Å². The summed E-state index contributed by atoms with van der Waals surface area (Å²) >= 11 is 0. The van der Waals surface area contributed by atoms with E-state index in [1.54, 1.807) is 0 Å². The van der Waals surface area contributed by atoms with E-state index in [4.69, 9.17) is 13.6 Å². The van der Waals surface area contributed by atoms with Crippen molar-refractivity contribution in [3.63, 3.8) is 0 Å². The van der Waals surface area contributed by atoms with Gasteiger partial charge < -0.3 is 13.6 Å². The minimum atomic E-state index is -1.79. The van der Waals surface area contributed by atoms with E-state index in [1.165, 1.54) is 5.57 Å². The number of ether oxygens (including phenoxy) is 1. The predicted octanol–water partition coefficient (Wildman–Crippen LogP) is 6.59. The first kappa shape index (κ1) is 22.1. The van der Waals surface area contributed by atoms with Crippen molar-refractivity contribution in [2.45, 2.75) is 85.9 Å². The van der Waals surface area contributed by atoms with E-state index in [-0.39, 0.29) is 11.5 Å². The third-order valence-electron chi connectivity index (χ3n) is 4.28. The van der Waals surface area contributed by atoms with Crippen LogP contribution in [0.1, 0.15) is 40.5 Å². The molecule has 0 radical (unpaired) electrons. The van der Waals surface area contributed by atoms with Gasteiger partial charge in [0.2, 0.25) is 16.6 Å². The van der Waals surface area contributed by atoms with Gasteiger partial charge in [0.15, 0.2) is 0 Å². The van der Waals surface area contributed by atoms with E-state index in [9.17, 15) is 0 Å². The van der Waals surface area contributed by atoms with Gasteiger partial charge in [0, 0.05) is 5.41 Å². The molecule has 0 bridgehead atoms. The number of rotatable bonds is 8. The summed E-state index contributed by atoms with van der Waals surface area (Å²) in [5.41, 5.74) is 2.22. The number of allylic oxidation sites excluding steroid dienone is 3. The van der Waals surface area contributed by atoms with Crippen LogP contribution in [0, 0.1) is 5.41 Å². The molecular weight excluding hydrogens is 344 g/mol. The first-order valence-corrected chi connectivity index (χ1v) is 16.1. The lowest BCUT2D eigenvalue weighted by molar-refractivity contribution is 0.0309. The SMILES string of the molecule is C=C(O[Si](C)(C)C)C1=C(O[Si](C)(C)C)O[C@H](C)[C@]1(C)CCC=C(C)C. The molecule has 0 unspecified atom stereocenters. The van der Waals surface area contributed by atoms with Crippen LogP contribution in [0.2, 0.25) is 39.3 Å². The van der Waals surface area contributed by atoms with Gasteiger partial charge in [0.05, 0.1) is 5.57 Å². The van der Waals surface area contributed by atoms with Gasteiger partial charge in [-0.2, -0.15) is 0 Å². The van der Waals surface area contributed by atoms with Crippen LogP contribution in [-0.2, 0) is 13.6 Å². The van der Waals surface area contributed by atoms with Crippen molar-refractivity contribution in [3.05, 3.63) is 35.5 Å². The smallest absolute Gasteiger partial charge is 0.273 e.